The van der Waals surface area contributed by atoms with Crippen molar-refractivity contribution in [2.24, 2.45) is 5.73 Å². The predicted octanol–water partition coefficient (Wildman–Crippen LogP) is 3.36. The van der Waals surface area contributed by atoms with E-state index in [1.165, 1.54) is 10.6 Å². The summed E-state index contributed by atoms with van der Waals surface area (Å²) in [7, 11) is 2.14. The van der Waals surface area contributed by atoms with Crippen LogP contribution in [-0.4, -0.2) is 24.9 Å². The van der Waals surface area contributed by atoms with E-state index in [9.17, 15) is 0 Å². The van der Waals surface area contributed by atoms with E-state index in [4.69, 9.17) is 5.73 Å². The van der Waals surface area contributed by atoms with Crippen molar-refractivity contribution in [3.05, 3.63) is 24.3 Å². The molecule has 1 aromatic rings. The Hall–Kier alpha value is -0.670. The first kappa shape index (κ1) is 14.4. The second-order valence-electron chi connectivity index (χ2n) is 4.84. The number of benzene rings is 1. The SMILES string of the molecule is CCSc1ccc(N(C)C(C)(C)CCN)cc1. The molecule has 0 saturated heterocycles. The molecule has 0 radical (unpaired) electrons. The summed E-state index contributed by atoms with van der Waals surface area (Å²) in [5.74, 6) is 1.12. The lowest BCUT2D eigenvalue weighted by molar-refractivity contribution is 0.456. The highest BCUT2D eigenvalue weighted by Crippen LogP contribution is 2.27. The Balaban J connectivity index is 2.78. The molecule has 0 atom stereocenters. The Bertz CT molecular complexity index is 333. The molecule has 96 valence electrons. The summed E-state index contributed by atoms with van der Waals surface area (Å²) in [6, 6.07) is 8.77. The molecule has 2 N–H and O–H groups in total. The van der Waals surface area contributed by atoms with Crippen molar-refractivity contribution in [2.75, 3.05) is 24.2 Å². The molecule has 0 spiro atoms. The fourth-order valence-corrected chi connectivity index (χ4v) is 2.46. The number of anilines is 1. The molecule has 0 unspecified atom stereocenters. The Kier molecular flexibility index (Phi) is 5.34. The van der Waals surface area contributed by atoms with Crippen molar-refractivity contribution in [3.63, 3.8) is 0 Å². The van der Waals surface area contributed by atoms with Crippen LogP contribution in [0.5, 0.6) is 0 Å². The van der Waals surface area contributed by atoms with E-state index in [1.807, 2.05) is 11.8 Å². The first-order valence-corrected chi connectivity index (χ1v) is 7.16. The Labute approximate surface area is 110 Å². The molecular weight excluding hydrogens is 228 g/mol. The Morgan fingerprint density at radius 3 is 2.29 bits per heavy atom. The van der Waals surface area contributed by atoms with Gasteiger partial charge in [-0.1, -0.05) is 6.92 Å². The fraction of sp³-hybridized carbons (Fsp3) is 0.571. The molecule has 0 aliphatic heterocycles. The quantitative estimate of drug-likeness (QED) is 0.787. The lowest BCUT2D eigenvalue weighted by Gasteiger charge is -2.37. The van der Waals surface area contributed by atoms with Gasteiger partial charge in [0.2, 0.25) is 0 Å². The minimum absolute atomic E-state index is 0.105. The van der Waals surface area contributed by atoms with Crippen LogP contribution in [0.25, 0.3) is 0 Å². The van der Waals surface area contributed by atoms with Crippen molar-refractivity contribution < 1.29 is 0 Å². The summed E-state index contributed by atoms with van der Waals surface area (Å²) < 4.78 is 0. The van der Waals surface area contributed by atoms with Crippen molar-refractivity contribution >= 4 is 17.4 Å². The summed E-state index contributed by atoms with van der Waals surface area (Å²) in [6.45, 7) is 7.36. The van der Waals surface area contributed by atoms with Crippen molar-refractivity contribution in [1.29, 1.82) is 0 Å². The van der Waals surface area contributed by atoms with Crippen LogP contribution in [0.3, 0.4) is 0 Å². The molecule has 0 aliphatic carbocycles. The predicted molar refractivity (Wildman–Crippen MR) is 79.0 cm³/mol. The third-order valence-corrected chi connectivity index (χ3v) is 4.09. The zero-order chi connectivity index (χ0) is 12.9. The maximum atomic E-state index is 5.66. The van der Waals surface area contributed by atoms with Gasteiger partial charge in [-0.15, -0.1) is 11.8 Å². The molecule has 0 fully saturated rings. The molecule has 0 heterocycles. The summed E-state index contributed by atoms with van der Waals surface area (Å²) in [4.78, 5) is 3.64. The second-order valence-corrected chi connectivity index (χ2v) is 6.17. The smallest absolute Gasteiger partial charge is 0.0368 e. The summed E-state index contributed by atoms with van der Waals surface area (Å²) in [5, 5.41) is 0. The first-order chi connectivity index (χ1) is 8.01. The van der Waals surface area contributed by atoms with Crippen LogP contribution >= 0.6 is 11.8 Å². The molecule has 0 amide bonds. The average molecular weight is 252 g/mol. The van der Waals surface area contributed by atoms with Gasteiger partial charge in [0.1, 0.15) is 0 Å². The summed E-state index contributed by atoms with van der Waals surface area (Å²) >= 11 is 1.87. The van der Waals surface area contributed by atoms with Crippen LogP contribution in [0.15, 0.2) is 29.2 Å². The molecule has 3 heteroatoms. The van der Waals surface area contributed by atoms with Crippen LogP contribution in [0.1, 0.15) is 27.2 Å². The minimum Gasteiger partial charge on any atom is -0.369 e. The van der Waals surface area contributed by atoms with Crippen molar-refractivity contribution in [1.82, 2.24) is 0 Å². The molecule has 0 aromatic heterocycles. The summed E-state index contributed by atoms with van der Waals surface area (Å²) in [6.07, 6.45) is 0.995. The topological polar surface area (TPSA) is 29.3 Å². The van der Waals surface area contributed by atoms with Gasteiger partial charge in [-0.2, -0.15) is 0 Å². The number of hydrogen-bond acceptors (Lipinski definition) is 3. The molecule has 1 aromatic carbocycles. The molecule has 0 saturated carbocycles. The zero-order valence-electron chi connectivity index (χ0n) is 11.4. The minimum atomic E-state index is 0.105. The normalized spacial score (nSPS) is 11.6. The van der Waals surface area contributed by atoms with Gasteiger partial charge >= 0.3 is 0 Å². The van der Waals surface area contributed by atoms with E-state index in [2.05, 4.69) is 57.0 Å². The second kappa shape index (κ2) is 6.31. The van der Waals surface area contributed by atoms with Crippen LogP contribution < -0.4 is 10.6 Å². The van der Waals surface area contributed by atoms with Gasteiger partial charge in [-0.25, -0.2) is 0 Å². The van der Waals surface area contributed by atoms with E-state index in [0.29, 0.717) is 0 Å². The monoisotopic (exact) mass is 252 g/mol. The van der Waals surface area contributed by atoms with Crippen molar-refractivity contribution in [3.8, 4) is 0 Å². The number of hydrogen-bond donors (Lipinski definition) is 1. The van der Waals surface area contributed by atoms with Gasteiger partial charge in [0.25, 0.3) is 0 Å². The van der Waals surface area contributed by atoms with Crippen LogP contribution in [0.2, 0.25) is 0 Å². The Morgan fingerprint density at radius 2 is 1.82 bits per heavy atom. The third-order valence-electron chi connectivity index (χ3n) is 3.20. The first-order valence-electron chi connectivity index (χ1n) is 6.18. The average Bonchev–Trinajstić information content (AvgIpc) is 2.29. The van der Waals surface area contributed by atoms with E-state index in [-0.39, 0.29) is 5.54 Å². The lowest BCUT2D eigenvalue weighted by Crippen LogP contribution is -2.42. The zero-order valence-corrected chi connectivity index (χ0v) is 12.2. The van der Waals surface area contributed by atoms with Gasteiger partial charge in [0.05, 0.1) is 0 Å². The molecule has 1 rings (SSSR count). The molecule has 0 aliphatic rings. The van der Waals surface area contributed by atoms with Gasteiger partial charge < -0.3 is 10.6 Å². The third kappa shape index (κ3) is 3.93. The molecule has 2 nitrogen and oxygen atoms in total. The maximum absolute atomic E-state index is 5.66. The molecular formula is C14H24N2S. The van der Waals surface area contributed by atoms with Crippen LogP contribution in [-0.2, 0) is 0 Å². The molecule has 0 bridgehead atoms. The van der Waals surface area contributed by atoms with E-state index >= 15 is 0 Å². The number of rotatable bonds is 6. The Morgan fingerprint density at radius 1 is 1.24 bits per heavy atom. The fourth-order valence-electron chi connectivity index (χ4n) is 1.80. The standard InChI is InChI=1S/C14H24N2S/c1-5-17-13-8-6-12(7-9-13)16(4)14(2,3)10-11-15/h6-9H,5,10-11,15H2,1-4H3. The van der Waals surface area contributed by atoms with Gasteiger partial charge in [-0.05, 0) is 56.8 Å². The highest BCUT2D eigenvalue weighted by Gasteiger charge is 2.22. The van der Waals surface area contributed by atoms with Gasteiger partial charge in [-0.3, -0.25) is 0 Å². The van der Waals surface area contributed by atoms with E-state index in [0.717, 1.165) is 18.7 Å². The van der Waals surface area contributed by atoms with Gasteiger partial charge in [0.15, 0.2) is 0 Å². The van der Waals surface area contributed by atoms with Gasteiger partial charge in [0, 0.05) is 23.2 Å². The van der Waals surface area contributed by atoms with Crippen molar-refractivity contribution in [2.45, 2.75) is 37.6 Å². The molecule has 17 heavy (non-hydrogen) atoms. The number of nitrogens with zero attached hydrogens (tertiary/aromatic N) is 1. The van der Waals surface area contributed by atoms with Crippen LogP contribution in [0, 0.1) is 0 Å². The maximum Gasteiger partial charge on any atom is 0.0368 e. The van der Waals surface area contributed by atoms with E-state index in [1.54, 1.807) is 0 Å². The highest BCUT2D eigenvalue weighted by atomic mass is 32.2. The highest BCUT2D eigenvalue weighted by molar-refractivity contribution is 7.99. The summed E-state index contributed by atoms with van der Waals surface area (Å²) in [5.41, 5.74) is 7.02. The largest absolute Gasteiger partial charge is 0.369 e. The van der Waals surface area contributed by atoms with Crippen LogP contribution in [0.4, 0.5) is 5.69 Å². The number of nitrogens with two attached hydrogens (primary N) is 1. The number of thioether (sulfide) groups is 1. The lowest BCUT2D eigenvalue weighted by atomic mass is 9.98. The van der Waals surface area contributed by atoms with E-state index < -0.39 is 0 Å².